The smallest absolute Gasteiger partial charge is 0.308 e. The first-order valence-electron chi connectivity index (χ1n) is 8.88. The molecule has 0 N–H and O–H groups in total. The summed E-state index contributed by atoms with van der Waals surface area (Å²) >= 11 is 0. The molecule has 1 fully saturated rings. The number of esters is 1. The zero-order valence-electron chi connectivity index (χ0n) is 14.4. The van der Waals surface area contributed by atoms with Crippen LogP contribution in [-0.2, 0) is 9.53 Å². The van der Waals surface area contributed by atoms with E-state index in [1.54, 1.807) is 5.57 Å². The highest BCUT2D eigenvalue weighted by Crippen LogP contribution is 2.47. The van der Waals surface area contributed by atoms with Crippen molar-refractivity contribution in [2.75, 3.05) is 0 Å². The zero-order chi connectivity index (χ0) is 15.6. The van der Waals surface area contributed by atoms with Crippen LogP contribution < -0.4 is 0 Å². The van der Waals surface area contributed by atoms with Gasteiger partial charge in [-0.2, -0.15) is 0 Å². The van der Waals surface area contributed by atoms with Crippen molar-refractivity contribution in [1.82, 2.24) is 0 Å². The molecule has 0 radical (unpaired) electrons. The average Bonchev–Trinajstić information content (AvgIpc) is 2.46. The molecule has 2 aliphatic carbocycles. The number of fused-ring (bicyclic) bond motifs is 1. The zero-order valence-corrected chi connectivity index (χ0v) is 14.4. The van der Waals surface area contributed by atoms with Crippen LogP contribution in [0.5, 0.6) is 0 Å². The standard InChI is InChI=1S/C19H32O2/c1-6-13(4)19(20)21-17-11-12(3)10-15-9-8-14(5)16(7-2)18(15)17/h10,12-14,16-18H,6-9,11H2,1-5H3/t12-,13?,14-,16?,17-,18+/m0/s1. The summed E-state index contributed by atoms with van der Waals surface area (Å²) < 4.78 is 5.98. The molecule has 1 saturated carbocycles. The normalized spacial score (nSPS) is 37.4. The number of allylic oxidation sites excluding steroid dienone is 1. The molecule has 6 atom stereocenters. The van der Waals surface area contributed by atoms with E-state index in [2.05, 4.69) is 33.8 Å². The summed E-state index contributed by atoms with van der Waals surface area (Å²) in [6, 6.07) is 0. The molecule has 0 amide bonds. The molecule has 0 spiro atoms. The van der Waals surface area contributed by atoms with Crippen molar-refractivity contribution in [2.24, 2.45) is 29.6 Å². The van der Waals surface area contributed by atoms with Crippen molar-refractivity contribution in [3.63, 3.8) is 0 Å². The molecule has 2 rings (SSSR count). The number of carbonyl (C=O) groups excluding carboxylic acids is 1. The van der Waals surface area contributed by atoms with Gasteiger partial charge in [-0.15, -0.1) is 0 Å². The maximum atomic E-state index is 12.3. The molecule has 0 bridgehead atoms. The molecule has 0 aromatic rings. The first-order chi connectivity index (χ1) is 9.97. The van der Waals surface area contributed by atoms with Crippen molar-refractivity contribution in [1.29, 1.82) is 0 Å². The number of hydrogen-bond donors (Lipinski definition) is 0. The Labute approximate surface area is 130 Å². The van der Waals surface area contributed by atoms with E-state index >= 15 is 0 Å². The third-order valence-corrected chi connectivity index (χ3v) is 5.77. The molecule has 120 valence electrons. The lowest BCUT2D eigenvalue weighted by molar-refractivity contribution is -0.159. The molecule has 2 heteroatoms. The average molecular weight is 292 g/mol. The van der Waals surface area contributed by atoms with Gasteiger partial charge in [0.25, 0.3) is 0 Å². The van der Waals surface area contributed by atoms with Gasteiger partial charge >= 0.3 is 5.97 Å². The molecule has 2 unspecified atom stereocenters. The lowest BCUT2D eigenvalue weighted by Gasteiger charge is -2.45. The Morgan fingerprint density at radius 1 is 1.38 bits per heavy atom. The Morgan fingerprint density at radius 2 is 2.10 bits per heavy atom. The van der Waals surface area contributed by atoms with Gasteiger partial charge in [0, 0.05) is 5.92 Å². The molecular formula is C19H32O2. The van der Waals surface area contributed by atoms with Crippen LogP contribution in [-0.4, -0.2) is 12.1 Å². The number of hydrogen-bond acceptors (Lipinski definition) is 2. The minimum atomic E-state index is 0.00373. The fraction of sp³-hybridized carbons (Fsp3) is 0.842. The van der Waals surface area contributed by atoms with E-state index < -0.39 is 0 Å². The van der Waals surface area contributed by atoms with Crippen LogP contribution in [0.25, 0.3) is 0 Å². The highest BCUT2D eigenvalue weighted by molar-refractivity contribution is 5.72. The van der Waals surface area contributed by atoms with Crippen LogP contribution >= 0.6 is 0 Å². The molecular weight excluding hydrogens is 260 g/mol. The molecule has 2 nitrogen and oxygen atoms in total. The second kappa shape index (κ2) is 6.98. The van der Waals surface area contributed by atoms with Crippen molar-refractivity contribution < 1.29 is 9.53 Å². The summed E-state index contributed by atoms with van der Waals surface area (Å²) in [5.41, 5.74) is 1.57. The maximum absolute atomic E-state index is 12.3. The van der Waals surface area contributed by atoms with Crippen LogP contribution in [0.15, 0.2) is 11.6 Å². The summed E-state index contributed by atoms with van der Waals surface area (Å²) in [6.45, 7) is 10.9. The van der Waals surface area contributed by atoms with Crippen LogP contribution in [0.1, 0.15) is 66.7 Å². The summed E-state index contributed by atoms with van der Waals surface area (Å²) in [4.78, 5) is 12.3. The van der Waals surface area contributed by atoms with Crippen LogP contribution in [0, 0.1) is 29.6 Å². The van der Waals surface area contributed by atoms with Gasteiger partial charge in [0.05, 0.1) is 5.92 Å². The minimum Gasteiger partial charge on any atom is -0.461 e. The van der Waals surface area contributed by atoms with Gasteiger partial charge in [-0.05, 0) is 43.4 Å². The Bertz CT molecular complexity index is 398. The van der Waals surface area contributed by atoms with Crippen LogP contribution in [0.2, 0.25) is 0 Å². The van der Waals surface area contributed by atoms with Gasteiger partial charge in [0.15, 0.2) is 0 Å². The summed E-state index contributed by atoms with van der Waals surface area (Å²) in [5.74, 6) is 2.46. The van der Waals surface area contributed by atoms with E-state index in [1.807, 2.05) is 6.92 Å². The van der Waals surface area contributed by atoms with Crippen molar-refractivity contribution in [3.05, 3.63) is 11.6 Å². The first-order valence-corrected chi connectivity index (χ1v) is 8.88. The Hall–Kier alpha value is -0.790. The van der Waals surface area contributed by atoms with Crippen molar-refractivity contribution >= 4 is 5.97 Å². The molecule has 0 aliphatic heterocycles. The third kappa shape index (κ3) is 3.52. The Balaban J connectivity index is 2.19. The maximum Gasteiger partial charge on any atom is 0.308 e. The molecule has 0 heterocycles. The van der Waals surface area contributed by atoms with Gasteiger partial charge in [0.1, 0.15) is 6.10 Å². The predicted molar refractivity (Wildman–Crippen MR) is 86.9 cm³/mol. The van der Waals surface area contributed by atoms with Gasteiger partial charge < -0.3 is 4.74 Å². The predicted octanol–water partition coefficient (Wildman–Crippen LogP) is 4.98. The molecule has 0 aromatic heterocycles. The minimum absolute atomic E-state index is 0.00373. The second-order valence-corrected chi connectivity index (χ2v) is 7.35. The van der Waals surface area contributed by atoms with Gasteiger partial charge in [-0.25, -0.2) is 0 Å². The highest BCUT2D eigenvalue weighted by Gasteiger charge is 2.42. The summed E-state index contributed by atoms with van der Waals surface area (Å²) in [7, 11) is 0. The first kappa shape index (κ1) is 16.6. The van der Waals surface area contributed by atoms with E-state index in [1.165, 1.54) is 19.3 Å². The van der Waals surface area contributed by atoms with Gasteiger partial charge in [-0.3, -0.25) is 4.79 Å². The Kier molecular flexibility index (Phi) is 5.51. The van der Waals surface area contributed by atoms with Crippen molar-refractivity contribution in [3.8, 4) is 0 Å². The van der Waals surface area contributed by atoms with E-state index in [-0.39, 0.29) is 18.0 Å². The Morgan fingerprint density at radius 3 is 2.71 bits per heavy atom. The largest absolute Gasteiger partial charge is 0.461 e. The fourth-order valence-corrected chi connectivity index (χ4v) is 4.27. The van der Waals surface area contributed by atoms with E-state index in [4.69, 9.17) is 4.74 Å². The fourth-order valence-electron chi connectivity index (χ4n) is 4.27. The number of carbonyl (C=O) groups is 1. The number of ether oxygens (including phenoxy) is 1. The summed E-state index contributed by atoms with van der Waals surface area (Å²) in [5, 5.41) is 0. The van der Waals surface area contributed by atoms with E-state index in [0.717, 1.165) is 18.8 Å². The van der Waals surface area contributed by atoms with Crippen LogP contribution in [0.4, 0.5) is 0 Å². The number of rotatable bonds is 4. The topological polar surface area (TPSA) is 26.3 Å². The molecule has 0 aromatic carbocycles. The third-order valence-electron chi connectivity index (χ3n) is 5.77. The van der Waals surface area contributed by atoms with E-state index in [9.17, 15) is 4.79 Å². The SMILES string of the molecule is CCC(C)C(=O)O[C@H]1C[C@@H](C)C=C2CC[C@H](C)C(CC)[C@@H]21. The van der Waals surface area contributed by atoms with Crippen LogP contribution in [0.3, 0.4) is 0 Å². The second-order valence-electron chi connectivity index (χ2n) is 7.35. The quantitative estimate of drug-likeness (QED) is 0.539. The summed E-state index contributed by atoms with van der Waals surface area (Å²) in [6.07, 6.45) is 8.11. The lowest BCUT2D eigenvalue weighted by atomic mass is 9.63. The molecule has 21 heavy (non-hydrogen) atoms. The van der Waals surface area contributed by atoms with Crippen molar-refractivity contribution in [2.45, 2.75) is 72.8 Å². The molecule has 0 saturated heterocycles. The monoisotopic (exact) mass is 292 g/mol. The van der Waals surface area contributed by atoms with Gasteiger partial charge in [-0.1, -0.05) is 52.7 Å². The lowest BCUT2D eigenvalue weighted by Crippen LogP contribution is -2.42. The van der Waals surface area contributed by atoms with E-state index in [0.29, 0.717) is 17.8 Å². The highest BCUT2D eigenvalue weighted by atomic mass is 16.5. The van der Waals surface area contributed by atoms with Gasteiger partial charge in [0.2, 0.25) is 0 Å². The molecule has 2 aliphatic rings.